The third kappa shape index (κ3) is 4.61. The molecule has 1 aromatic carbocycles. The lowest BCUT2D eigenvalue weighted by atomic mass is 10.2. The van der Waals surface area contributed by atoms with E-state index < -0.39 is 45.2 Å². The maximum atomic E-state index is 12.8. The van der Waals surface area contributed by atoms with Gasteiger partial charge in [0.1, 0.15) is 6.26 Å². The maximum Gasteiger partial charge on any atom is 0.416 e. The van der Waals surface area contributed by atoms with Gasteiger partial charge in [0.05, 0.1) is 17.0 Å². The maximum absolute atomic E-state index is 12.8. The van der Waals surface area contributed by atoms with Gasteiger partial charge in [-0.15, -0.1) is 0 Å². The number of rotatable bonds is 6. The summed E-state index contributed by atoms with van der Waals surface area (Å²) >= 11 is 0. The Labute approximate surface area is 147 Å². The van der Waals surface area contributed by atoms with Gasteiger partial charge in [-0.3, -0.25) is 4.79 Å². The van der Waals surface area contributed by atoms with Crippen molar-refractivity contribution in [2.45, 2.75) is 31.0 Å². The van der Waals surface area contributed by atoms with E-state index >= 15 is 0 Å². The van der Waals surface area contributed by atoms with Crippen molar-refractivity contribution in [3.05, 3.63) is 42.2 Å². The Morgan fingerprint density at radius 1 is 1.31 bits per heavy atom. The van der Waals surface area contributed by atoms with Gasteiger partial charge in [0.15, 0.2) is 5.82 Å². The van der Waals surface area contributed by atoms with Gasteiger partial charge in [-0.1, -0.05) is 11.2 Å². The van der Waals surface area contributed by atoms with Crippen LogP contribution in [0.2, 0.25) is 0 Å². The van der Waals surface area contributed by atoms with Gasteiger partial charge in [-0.05, 0) is 32.0 Å². The van der Waals surface area contributed by atoms with Crippen LogP contribution in [0.25, 0.3) is 0 Å². The fraction of sp³-hybridized carbons (Fsp3) is 0.333. The van der Waals surface area contributed by atoms with Crippen molar-refractivity contribution >= 4 is 21.7 Å². The van der Waals surface area contributed by atoms with Gasteiger partial charge in [-0.25, -0.2) is 8.42 Å². The summed E-state index contributed by atoms with van der Waals surface area (Å²) in [5, 5.41) is 5.80. The van der Waals surface area contributed by atoms with Crippen LogP contribution in [0.4, 0.5) is 19.0 Å². The molecule has 0 saturated heterocycles. The van der Waals surface area contributed by atoms with Gasteiger partial charge in [0.25, 0.3) is 0 Å². The normalized spacial score (nSPS) is 12.6. The number of carbonyl (C=O) groups is 1. The minimum absolute atomic E-state index is 0.0928. The summed E-state index contributed by atoms with van der Waals surface area (Å²) in [4.78, 5) is 11.5. The summed E-state index contributed by atoms with van der Waals surface area (Å²) in [6.45, 7) is 2.42. The average Bonchev–Trinajstić information content (AvgIpc) is 3.04. The highest BCUT2D eigenvalue weighted by molar-refractivity contribution is 7.89. The number of aromatic nitrogens is 1. The van der Waals surface area contributed by atoms with E-state index in [1.165, 1.54) is 26.2 Å². The minimum atomic E-state index is -4.68. The number of benzene rings is 1. The number of nitrogens with zero attached hydrogens (tertiary/aromatic N) is 2. The zero-order valence-corrected chi connectivity index (χ0v) is 14.6. The molecule has 0 aliphatic rings. The number of halogens is 3. The molecular weight excluding hydrogens is 375 g/mol. The fourth-order valence-electron chi connectivity index (χ4n) is 2.11. The molecule has 142 valence electrons. The number of carbonyl (C=O) groups excluding carboxylic acids is 1. The molecule has 0 saturated carbocycles. The monoisotopic (exact) mass is 391 g/mol. The number of nitrogens with one attached hydrogen (secondary N) is 1. The number of amides is 1. The van der Waals surface area contributed by atoms with Gasteiger partial charge >= 0.3 is 6.18 Å². The van der Waals surface area contributed by atoms with Crippen LogP contribution in [0.5, 0.6) is 0 Å². The molecule has 26 heavy (non-hydrogen) atoms. The third-order valence-electron chi connectivity index (χ3n) is 3.35. The van der Waals surface area contributed by atoms with E-state index in [0.29, 0.717) is 6.07 Å². The molecule has 2 rings (SSSR count). The molecule has 1 N–H and O–H groups in total. The Hall–Kier alpha value is -2.40. The molecule has 0 radical (unpaired) electrons. The first kappa shape index (κ1) is 19.9. The van der Waals surface area contributed by atoms with E-state index in [2.05, 4.69) is 15.0 Å². The Morgan fingerprint density at radius 2 is 2.00 bits per heavy atom. The average molecular weight is 391 g/mol. The van der Waals surface area contributed by atoms with Crippen molar-refractivity contribution in [1.82, 2.24) is 9.46 Å². The van der Waals surface area contributed by atoms with E-state index in [-0.39, 0.29) is 5.82 Å². The summed E-state index contributed by atoms with van der Waals surface area (Å²) in [6.07, 6.45) is -3.46. The van der Waals surface area contributed by atoms with Crippen molar-refractivity contribution in [1.29, 1.82) is 0 Å². The summed E-state index contributed by atoms with van der Waals surface area (Å²) in [7, 11) is -4.33. The largest absolute Gasteiger partial charge is 0.416 e. The molecule has 1 aromatic heterocycles. The van der Waals surface area contributed by atoms with Crippen molar-refractivity contribution in [3.8, 4) is 0 Å². The number of hydrogen-bond acceptors (Lipinski definition) is 5. The second-order valence-corrected chi connectivity index (χ2v) is 7.49. The molecule has 2 aromatic rings. The SMILES string of the molecule is CC(C)N(CC(=O)Nc1ccon1)S(=O)(=O)c1cccc(C(F)(F)F)c1. The Kier molecular flexibility index (Phi) is 5.71. The first-order valence-electron chi connectivity index (χ1n) is 7.41. The lowest BCUT2D eigenvalue weighted by Gasteiger charge is -2.25. The summed E-state index contributed by atoms with van der Waals surface area (Å²) in [6, 6.07) is 4.06. The minimum Gasteiger partial charge on any atom is -0.363 e. The van der Waals surface area contributed by atoms with E-state index in [1.54, 1.807) is 0 Å². The number of hydrogen-bond donors (Lipinski definition) is 1. The Bertz CT molecular complexity index is 865. The molecule has 11 heteroatoms. The standard InChI is InChI=1S/C15H16F3N3O4S/c1-10(2)21(9-14(22)19-13-6-7-25-20-13)26(23,24)12-5-3-4-11(8-12)15(16,17)18/h3-8,10H,9H2,1-2H3,(H,19,20,22). The molecule has 0 aliphatic carbocycles. The molecular formula is C15H16F3N3O4S. The van der Waals surface area contributed by atoms with E-state index in [9.17, 15) is 26.4 Å². The van der Waals surface area contributed by atoms with Crippen molar-refractivity contribution in [3.63, 3.8) is 0 Å². The van der Waals surface area contributed by atoms with E-state index in [1.807, 2.05) is 0 Å². The smallest absolute Gasteiger partial charge is 0.363 e. The van der Waals surface area contributed by atoms with Crippen LogP contribution < -0.4 is 5.32 Å². The predicted molar refractivity (Wildman–Crippen MR) is 85.6 cm³/mol. The lowest BCUT2D eigenvalue weighted by Crippen LogP contribution is -2.42. The topological polar surface area (TPSA) is 92.5 Å². The molecule has 0 bridgehead atoms. The highest BCUT2D eigenvalue weighted by atomic mass is 32.2. The van der Waals surface area contributed by atoms with Crippen molar-refractivity contribution < 1.29 is 30.9 Å². The highest BCUT2D eigenvalue weighted by Gasteiger charge is 2.34. The number of anilines is 1. The van der Waals surface area contributed by atoms with E-state index in [0.717, 1.165) is 22.5 Å². The van der Waals surface area contributed by atoms with Crippen LogP contribution in [0, 0.1) is 0 Å². The molecule has 0 atom stereocenters. The molecule has 1 heterocycles. The summed E-state index contributed by atoms with van der Waals surface area (Å²) < 4.78 is 69.4. The van der Waals surface area contributed by atoms with Crippen LogP contribution in [0.15, 0.2) is 46.0 Å². The van der Waals surface area contributed by atoms with Crippen LogP contribution in [0.3, 0.4) is 0 Å². The van der Waals surface area contributed by atoms with Crippen LogP contribution in [-0.4, -0.2) is 36.4 Å². The highest BCUT2D eigenvalue weighted by Crippen LogP contribution is 2.31. The fourth-order valence-corrected chi connectivity index (χ4v) is 3.75. The third-order valence-corrected chi connectivity index (χ3v) is 5.37. The van der Waals surface area contributed by atoms with Crippen molar-refractivity contribution in [2.75, 3.05) is 11.9 Å². The first-order valence-corrected chi connectivity index (χ1v) is 8.85. The first-order chi connectivity index (χ1) is 12.0. The second-order valence-electron chi connectivity index (χ2n) is 5.60. The molecule has 0 spiro atoms. The molecule has 1 amide bonds. The summed E-state index contributed by atoms with van der Waals surface area (Å²) in [5.74, 6) is -0.613. The zero-order chi connectivity index (χ0) is 19.5. The Morgan fingerprint density at radius 3 is 2.54 bits per heavy atom. The number of sulfonamides is 1. The zero-order valence-electron chi connectivity index (χ0n) is 13.8. The van der Waals surface area contributed by atoms with Gasteiger partial charge in [0.2, 0.25) is 15.9 Å². The van der Waals surface area contributed by atoms with Crippen LogP contribution in [-0.2, 0) is 21.0 Å². The summed E-state index contributed by atoms with van der Waals surface area (Å²) in [5.41, 5.74) is -1.09. The molecule has 7 nitrogen and oxygen atoms in total. The van der Waals surface area contributed by atoms with Gasteiger partial charge in [-0.2, -0.15) is 17.5 Å². The molecule has 0 aliphatic heterocycles. The van der Waals surface area contributed by atoms with Gasteiger partial charge in [0, 0.05) is 12.1 Å². The Balaban J connectivity index is 2.29. The quantitative estimate of drug-likeness (QED) is 0.817. The second kappa shape index (κ2) is 7.46. The van der Waals surface area contributed by atoms with Crippen molar-refractivity contribution in [2.24, 2.45) is 0 Å². The predicted octanol–water partition coefficient (Wildman–Crippen LogP) is 2.73. The van der Waals surface area contributed by atoms with E-state index in [4.69, 9.17) is 0 Å². The van der Waals surface area contributed by atoms with Crippen LogP contribution in [0.1, 0.15) is 19.4 Å². The van der Waals surface area contributed by atoms with Gasteiger partial charge < -0.3 is 9.84 Å². The van der Waals surface area contributed by atoms with Crippen LogP contribution >= 0.6 is 0 Å². The number of alkyl halides is 3. The molecule has 0 fully saturated rings. The molecule has 0 unspecified atom stereocenters. The lowest BCUT2D eigenvalue weighted by molar-refractivity contribution is -0.137.